The molecule has 2 rings (SSSR count). The Labute approximate surface area is 112 Å². The fourth-order valence-electron chi connectivity index (χ4n) is 2.61. The van der Waals surface area contributed by atoms with Crippen molar-refractivity contribution in [2.75, 3.05) is 12.8 Å². The van der Waals surface area contributed by atoms with E-state index in [1.807, 2.05) is 4.57 Å². The largest absolute Gasteiger partial charge is 0.494 e. The molecule has 0 saturated heterocycles. The summed E-state index contributed by atoms with van der Waals surface area (Å²) >= 11 is 0. The monoisotopic (exact) mass is 265 g/mol. The van der Waals surface area contributed by atoms with E-state index in [4.69, 9.17) is 10.5 Å². The lowest BCUT2D eigenvalue weighted by molar-refractivity contribution is 0.337. The summed E-state index contributed by atoms with van der Waals surface area (Å²) in [7, 11) is 1.45. The molecule has 1 heterocycles. The minimum absolute atomic E-state index is 0.170. The van der Waals surface area contributed by atoms with Gasteiger partial charge in [-0.15, -0.1) is 0 Å². The third-order valence-corrected chi connectivity index (χ3v) is 3.42. The number of aromatic nitrogens is 2. The number of halogens is 1. The fourth-order valence-corrected chi connectivity index (χ4v) is 2.61. The lowest BCUT2D eigenvalue weighted by Crippen LogP contribution is -2.27. The van der Waals surface area contributed by atoms with Gasteiger partial charge in [0.1, 0.15) is 0 Å². The fraction of sp³-hybridized carbons (Fsp3) is 0.500. The van der Waals surface area contributed by atoms with Crippen molar-refractivity contribution in [1.82, 2.24) is 9.55 Å². The van der Waals surface area contributed by atoms with Crippen molar-refractivity contribution in [3.8, 4) is 5.75 Å². The second-order valence-corrected chi connectivity index (χ2v) is 5.34. The molecule has 4 nitrogen and oxygen atoms in total. The number of nitrogen functional groups attached to an aromatic ring is 1. The predicted molar refractivity (Wildman–Crippen MR) is 74.9 cm³/mol. The Hall–Kier alpha value is -1.78. The van der Waals surface area contributed by atoms with E-state index in [0.29, 0.717) is 11.5 Å². The molecule has 104 valence electrons. The molecule has 0 atom stereocenters. The Morgan fingerprint density at radius 2 is 2.11 bits per heavy atom. The first-order valence-corrected chi connectivity index (χ1v) is 6.42. The number of hydrogen-bond acceptors (Lipinski definition) is 3. The summed E-state index contributed by atoms with van der Waals surface area (Å²) in [6, 6.07) is 3.02. The normalized spacial score (nSPS) is 12.1. The van der Waals surface area contributed by atoms with Crippen molar-refractivity contribution >= 4 is 17.0 Å². The molecule has 0 saturated carbocycles. The van der Waals surface area contributed by atoms with Crippen molar-refractivity contribution in [2.24, 2.45) is 0 Å². The summed E-state index contributed by atoms with van der Waals surface area (Å²) in [5.74, 6) is 0.190. The van der Waals surface area contributed by atoms with Crippen molar-refractivity contribution in [3.63, 3.8) is 0 Å². The number of nitrogens with zero attached hydrogens (tertiary/aromatic N) is 2. The Balaban J connectivity index is 2.70. The number of imidazole rings is 1. The number of ether oxygens (including phenoxy) is 1. The van der Waals surface area contributed by atoms with Gasteiger partial charge in [-0.2, -0.15) is 0 Å². The molecule has 0 aliphatic carbocycles. The number of fused-ring (bicyclic) bond motifs is 1. The second kappa shape index (κ2) is 4.72. The molecular weight excluding hydrogens is 245 g/mol. The summed E-state index contributed by atoms with van der Waals surface area (Å²) < 4.78 is 20.7. The van der Waals surface area contributed by atoms with Gasteiger partial charge >= 0.3 is 0 Å². The molecule has 0 spiro atoms. The number of rotatable bonds is 4. The maximum absolute atomic E-state index is 13.7. The van der Waals surface area contributed by atoms with Crippen LogP contribution in [0.5, 0.6) is 5.75 Å². The Kier molecular flexibility index (Phi) is 3.39. The lowest BCUT2D eigenvalue weighted by atomic mass is 9.98. The van der Waals surface area contributed by atoms with Crippen LogP contribution in [0.3, 0.4) is 0 Å². The van der Waals surface area contributed by atoms with Gasteiger partial charge in [-0.25, -0.2) is 9.37 Å². The van der Waals surface area contributed by atoms with E-state index >= 15 is 0 Å². The van der Waals surface area contributed by atoms with Crippen LogP contribution in [-0.4, -0.2) is 16.7 Å². The van der Waals surface area contributed by atoms with Gasteiger partial charge in [0.15, 0.2) is 11.6 Å². The van der Waals surface area contributed by atoms with E-state index in [0.717, 1.165) is 18.4 Å². The highest BCUT2D eigenvalue weighted by atomic mass is 19.1. The number of benzene rings is 1. The number of anilines is 1. The summed E-state index contributed by atoms with van der Waals surface area (Å²) in [5, 5.41) is 0. The molecule has 5 heteroatoms. The van der Waals surface area contributed by atoms with Crippen LogP contribution >= 0.6 is 0 Å². The predicted octanol–water partition coefficient (Wildman–Crippen LogP) is 3.30. The average molecular weight is 265 g/mol. The van der Waals surface area contributed by atoms with E-state index in [1.165, 1.54) is 13.2 Å². The van der Waals surface area contributed by atoms with E-state index in [2.05, 4.69) is 25.8 Å². The molecule has 1 aromatic heterocycles. The number of methoxy groups -OCH3 is 1. The highest BCUT2D eigenvalue weighted by Gasteiger charge is 2.25. The zero-order valence-electron chi connectivity index (χ0n) is 11.8. The second-order valence-electron chi connectivity index (χ2n) is 5.34. The van der Waals surface area contributed by atoms with Gasteiger partial charge < -0.3 is 15.0 Å². The van der Waals surface area contributed by atoms with E-state index < -0.39 is 5.82 Å². The first-order chi connectivity index (χ1) is 8.90. The third-order valence-electron chi connectivity index (χ3n) is 3.42. The quantitative estimate of drug-likeness (QED) is 0.922. The Bertz CT molecular complexity index is 604. The molecular formula is C14H20FN3O. The summed E-state index contributed by atoms with van der Waals surface area (Å²) in [5.41, 5.74) is 7.19. The van der Waals surface area contributed by atoms with Gasteiger partial charge in [-0.3, -0.25) is 0 Å². The van der Waals surface area contributed by atoms with Gasteiger partial charge in [-0.05, 0) is 20.3 Å². The maximum Gasteiger partial charge on any atom is 0.201 e. The van der Waals surface area contributed by atoms with Gasteiger partial charge in [0, 0.05) is 17.7 Å². The first-order valence-electron chi connectivity index (χ1n) is 6.42. The van der Waals surface area contributed by atoms with Crippen LogP contribution < -0.4 is 10.5 Å². The van der Waals surface area contributed by atoms with Crippen LogP contribution in [0.4, 0.5) is 10.3 Å². The van der Waals surface area contributed by atoms with Gasteiger partial charge in [0.05, 0.1) is 18.1 Å². The number of nitrogens with two attached hydrogens (primary N) is 1. The van der Waals surface area contributed by atoms with Crippen molar-refractivity contribution in [3.05, 3.63) is 17.9 Å². The molecule has 0 aliphatic rings. The topological polar surface area (TPSA) is 53.1 Å². The molecule has 0 amide bonds. The first kappa shape index (κ1) is 13.6. The standard InChI is InChI=1S/C14H20FN3O/c1-5-6-14(2,3)18-11-8-12(19-4)9(15)7-10(11)17-13(18)16/h7-8H,5-6H2,1-4H3,(H2,16,17). The van der Waals surface area contributed by atoms with Crippen LogP contribution in [0, 0.1) is 5.82 Å². The van der Waals surface area contributed by atoms with Crippen LogP contribution in [-0.2, 0) is 5.54 Å². The molecule has 0 fully saturated rings. The third kappa shape index (κ3) is 2.25. The van der Waals surface area contributed by atoms with Crippen LogP contribution in [0.2, 0.25) is 0 Å². The summed E-state index contributed by atoms with van der Waals surface area (Å²) in [6.07, 6.45) is 1.99. The Morgan fingerprint density at radius 1 is 1.42 bits per heavy atom. The summed E-state index contributed by atoms with van der Waals surface area (Å²) in [4.78, 5) is 4.24. The van der Waals surface area contributed by atoms with Crippen LogP contribution in [0.1, 0.15) is 33.6 Å². The molecule has 2 aromatic rings. The minimum Gasteiger partial charge on any atom is -0.494 e. The van der Waals surface area contributed by atoms with Gasteiger partial charge in [-0.1, -0.05) is 13.3 Å². The van der Waals surface area contributed by atoms with E-state index in [9.17, 15) is 4.39 Å². The maximum atomic E-state index is 13.7. The van der Waals surface area contributed by atoms with Crippen molar-refractivity contribution < 1.29 is 9.13 Å². The molecule has 1 aromatic carbocycles. The molecule has 0 unspecified atom stereocenters. The highest BCUT2D eigenvalue weighted by Crippen LogP contribution is 2.33. The van der Waals surface area contributed by atoms with E-state index in [1.54, 1.807) is 6.07 Å². The van der Waals surface area contributed by atoms with Crippen LogP contribution in [0.25, 0.3) is 11.0 Å². The SMILES string of the molecule is CCCC(C)(C)n1c(N)nc2cc(F)c(OC)cc21. The highest BCUT2D eigenvalue weighted by molar-refractivity contribution is 5.80. The molecule has 0 radical (unpaired) electrons. The average Bonchev–Trinajstić information content (AvgIpc) is 2.63. The van der Waals surface area contributed by atoms with Gasteiger partial charge in [0.25, 0.3) is 0 Å². The molecule has 0 bridgehead atoms. The zero-order valence-corrected chi connectivity index (χ0v) is 11.8. The van der Waals surface area contributed by atoms with Crippen molar-refractivity contribution in [2.45, 2.75) is 39.2 Å². The smallest absolute Gasteiger partial charge is 0.201 e. The minimum atomic E-state index is -0.423. The zero-order chi connectivity index (χ0) is 14.2. The summed E-state index contributed by atoms with van der Waals surface area (Å²) in [6.45, 7) is 6.32. The Morgan fingerprint density at radius 3 is 2.68 bits per heavy atom. The molecule has 2 N–H and O–H groups in total. The van der Waals surface area contributed by atoms with Gasteiger partial charge in [0.2, 0.25) is 5.95 Å². The lowest BCUT2D eigenvalue weighted by Gasteiger charge is -2.28. The molecule has 19 heavy (non-hydrogen) atoms. The number of hydrogen-bond donors (Lipinski definition) is 1. The van der Waals surface area contributed by atoms with Crippen LogP contribution in [0.15, 0.2) is 12.1 Å². The van der Waals surface area contributed by atoms with E-state index in [-0.39, 0.29) is 11.3 Å². The molecule has 0 aliphatic heterocycles. The van der Waals surface area contributed by atoms with Crippen molar-refractivity contribution in [1.29, 1.82) is 0 Å².